The van der Waals surface area contributed by atoms with Gasteiger partial charge in [0.15, 0.2) is 11.3 Å². The van der Waals surface area contributed by atoms with E-state index in [1.165, 1.54) is 4.68 Å². The van der Waals surface area contributed by atoms with E-state index in [4.69, 9.17) is 10.7 Å². The third-order valence-electron chi connectivity index (χ3n) is 3.39. The average Bonchev–Trinajstić information content (AvgIpc) is 3.01. The first kappa shape index (κ1) is 16.9. The van der Waals surface area contributed by atoms with Crippen LogP contribution in [0.2, 0.25) is 0 Å². The number of halogens is 1. The van der Waals surface area contributed by atoms with Gasteiger partial charge in [-0.1, -0.05) is 13.3 Å². The number of fused-ring (bicyclic) bond motifs is 1. The van der Waals surface area contributed by atoms with Crippen LogP contribution in [0.1, 0.15) is 19.0 Å². The molecular formula is C13H13ClN4O4S2. The minimum absolute atomic E-state index is 0.0759. The van der Waals surface area contributed by atoms with E-state index in [2.05, 4.69) is 15.1 Å². The van der Waals surface area contributed by atoms with Crippen molar-refractivity contribution >= 4 is 42.1 Å². The van der Waals surface area contributed by atoms with E-state index in [1.54, 1.807) is 7.05 Å². The van der Waals surface area contributed by atoms with Crippen LogP contribution in [0.15, 0.2) is 15.1 Å². The molecule has 0 saturated carbocycles. The van der Waals surface area contributed by atoms with Crippen molar-refractivity contribution in [3.63, 3.8) is 0 Å². The molecule has 0 aliphatic heterocycles. The minimum atomic E-state index is -3.98. The molecule has 128 valence electrons. The van der Waals surface area contributed by atoms with Gasteiger partial charge in [0.2, 0.25) is 0 Å². The summed E-state index contributed by atoms with van der Waals surface area (Å²) in [4.78, 5) is 19.4. The standard InChI is InChI=1S/C13H13ClN4O4S2/c1-3-4-6-9-10(18(2)17-6)13(20)16-12(15-9)11-7(19)5-8(23-11)24(14,21)22/h5,19H,3-4H2,1-2H3,(H,15,16,20). The first-order chi connectivity index (χ1) is 11.2. The molecule has 0 spiro atoms. The summed E-state index contributed by atoms with van der Waals surface area (Å²) < 4.78 is 24.1. The number of H-pyrrole nitrogens is 1. The molecule has 3 aromatic rings. The maximum absolute atomic E-state index is 12.3. The number of nitrogens with one attached hydrogen (secondary N) is 1. The van der Waals surface area contributed by atoms with Gasteiger partial charge in [0.05, 0.1) is 5.69 Å². The van der Waals surface area contributed by atoms with Gasteiger partial charge in [0, 0.05) is 23.8 Å². The summed E-state index contributed by atoms with van der Waals surface area (Å²) in [6.07, 6.45) is 1.47. The highest BCUT2D eigenvalue weighted by molar-refractivity contribution is 8.15. The number of thiophene rings is 1. The predicted octanol–water partition coefficient (Wildman–Crippen LogP) is 1.97. The molecule has 0 unspecified atom stereocenters. The zero-order valence-electron chi connectivity index (χ0n) is 12.7. The van der Waals surface area contributed by atoms with Crippen molar-refractivity contribution in [1.82, 2.24) is 19.7 Å². The maximum atomic E-state index is 12.3. The molecule has 0 amide bonds. The second kappa shape index (κ2) is 5.87. The highest BCUT2D eigenvalue weighted by Crippen LogP contribution is 2.39. The number of aromatic nitrogens is 4. The lowest BCUT2D eigenvalue weighted by Crippen LogP contribution is -2.12. The quantitative estimate of drug-likeness (QED) is 0.659. The first-order valence-corrected chi connectivity index (χ1v) is 10.1. The Labute approximate surface area is 145 Å². The van der Waals surface area contributed by atoms with Crippen molar-refractivity contribution < 1.29 is 13.5 Å². The van der Waals surface area contributed by atoms with Gasteiger partial charge in [-0.3, -0.25) is 9.48 Å². The van der Waals surface area contributed by atoms with E-state index in [0.29, 0.717) is 23.1 Å². The van der Waals surface area contributed by atoms with E-state index >= 15 is 0 Å². The molecule has 11 heteroatoms. The average molecular weight is 389 g/mol. The normalized spacial score (nSPS) is 12.1. The fourth-order valence-electron chi connectivity index (χ4n) is 2.41. The van der Waals surface area contributed by atoms with Crippen LogP contribution in [0, 0.1) is 0 Å². The van der Waals surface area contributed by atoms with Crippen molar-refractivity contribution in [3.8, 4) is 16.5 Å². The van der Waals surface area contributed by atoms with Crippen molar-refractivity contribution in [1.29, 1.82) is 0 Å². The molecule has 24 heavy (non-hydrogen) atoms. The number of aryl methyl sites for hydroxylation is 2. The fraction of sp³-hybridized carbons (Fsp3) is 0.308. The summed E-state index contributed by atoms with van der Waals surface area (Å²) in [7, 11) is 2.96. The van der Waals surface area contributed by atoms with Crippen LogP contribution in [-0.2, 0) is 22.5 Å². The van der Waals surface area contributed by atoms with Gasteiger partial charge in [0.1, 0.15) is 20.4 Å². The van der Waals surface area contributed by atoms with Gasteiger partial charge in [-0.05, 0) is 6.42 Å². The van der Waals surface area contributed by atoms with Gasteiger partial charge in [-0.15, -0.1) is 11.3 Å². The smallest absolute Gasteiger partial charge is 0.277 e. The molecule has 0 aromatic carbocycles. The Hall–Kier alpha value is -1.91. The Balaban J connectivity index is 2.27. The van der Waals surface area contributed by atoms with Gasteiger partial charge >= 0.3 is 0 Å². The molecule has 3 heterocycles. The molecule has 0 radical (unpaired) electrons. The predicted molar refractivity (Wildman–Crippen MR) is 91.1 cm³/mol. The summed E-state index contributed by atoms with van der Waals surface area (Å²) in [6.45, 7) is 1.98. The topological polar surface area (TPSA) is 118 Å². The van der Waals surface area contributed by atoms with E-state index in [0.717, 1.165) is 23.8 Å². The van der Waals surface area contributed by atoms with Gasteiger partial charge in [-0.2, -0.15) is 5.10 Å². The molecule has 8 nitrogen and oxygen atoms in total. The molecule has 0 atom stereocenters. The number of nitrogens with zero attached hydrogens (tertiary/aromatic N) is 3. The molecular weight excluding hydrogens is 376 g/mol. The van der Waals surface area contributed by atoms with Crippen LogP contribution in [0.3, 0.4) is 0 Å². The lowest BCUT2D eigenvalue weighted by Gasteiger charge is -2.00. The number of hydrogen-bond donors (Lipinski definition) is 2. The minimum Gasteiger partial charge on any atom is -0.506 e. The van der Waals surface area contributed by atoms with Gasteiger partial charge in [0.25, 0.3) is 14.6 Å². The summed E-state index contributed by atoms with van der Waals surface area (Å²) in [5.41, 5.74) is 1.00. The van der Waals surface area contributed by atoms with Crippen LogP contribution in [0.4, 0.5) is 0 Å². The Morgan fingerprint density at radius 3 is 2.75 bits per heavy atom. The van der Waals surface area contributed by atoms with Crippen molar-refractivity contribution in [2.24, 2.45) is 7.05 Å². The van der Waals surface area contributed by atoms with Crippen molar-refractivity contribution in [2.75, 3.05) is 0 Å². The lowest BCUT2D eigenvalue weighted by atomic mass is 10.2. The Kier molecular flexibility index (Phi) is 4.14. The third-order valence-corrected chi connectivity index (χ3v) is 6.60. The van der Waals surface area contributed by atoms with Crippen molar-refractivity contribution in [2.45, 2.75) is 24.0 Å². The van der Waals surface area contributed by atoms with Crippen LogP contribution < -0.4 is 5.56 Å². The van der Waals surface area contributed by atoms with E-state index in [1.807, 2.05) is 6.92 Å². The molecule has 0 aliphatic carbocycles. The van der Waals surface area contributed by atoms with Crippen molar-refractivity contribution in [3.05, 3.63) is 22.1 Å². The number of aromatic hydroxyl groups is 1. The van der Waals surface area contributed by atoms with E-state index in [-0.39, 0.29) is 20.7 Å². The number of rotatable bonds is 4. The van der Waals surface area contributed by atoms with Crippen LogP contribution >= 0.6 is 22.0 Å². The summed E-state index contributed by atoms with van der Waals surface area (Å²) >= 11 is 0.733. The lowest BCUT2D eigenvalue weighted by molar-refractivity contribution is 0.478. The summed E-state index contributed by atoms with van der Waals surface area (Å²) in [5, 5.41) is 14.3. The highest BCUT2D eigenvalue weighted by atomic mass is 35.7. The zero-order chi connectivity index (χ0) is 17.6. The molecule has 0 aliphatic rings. The molecule has 2 N–H and O–H groups in total. The van der Waals surface area contributed by atoms with Crippen LogP contribution in [-0.4, -0.2) is 33.3 Å². The molecule has 0 saturated heterocycles. The molecule has 3 rings (SSSR count). The van der Waals surface area contributed by atoms with Crippen LogP contribution in [0.5, 0.6) is 5.75 Å². The van der Waals surface area contributed by atoms with Crippen LogP contribution in [0.25, 0.3) is 21.7 Å². The second-order valence-electron chi connectivity index (χ2n) is 5.15. The Morgan fingerprint density at radius 1 is 1.46 bits per heavy atom. The number of hydrogen-bond acceptors (Lipinski definition) is 7. The fourth-order valence-corrected chi connectivity index (χ4v) is 4.46. The molecule has 0 bridgehead atoms. The van der Waals surface area contributed by atoms with Gasteiger partial charge in [-0.25, -0.2) is 13.4 Å². The summed E-state index contributed by atoms with van der Waals surface area (Å²) in [6, 6.07) is 1.03. The monoisotopic (exact) mass is 388 g/mol. The third kappa shape index (κ3) is 2.80. The summed E-state index contributed by atoms with van der Waals surface area (Å²) in [5.74, 6) is -0.241. The Morgan fingerprint density at radius 2 is 2.17 bits per heavy atom. The van der Waals surface area contributed by atoms with E-state index < -0.39 is 14.6 Å². The SMILES string of the molecule is CCCc1nn(C)c2c(=O)[nH]c(-c3sc(S(=O)(=O)Cl)cc3O)nc12. The molecule has 0 fully saturated rings. The number of aromatic amines is 1. The second-order valence-corrected chi connectivity index (χ2v) is 8.99. The zero-order valence-corrected chi connectivity index (χ0v) is 15.1. The molecule has 3 aromatic heterocycles. The first-order valence-electron chi connectivity index (χ1n) is 6.96. The van der Waals surface area contributed by atoms with E-state index in [9.17, 15) is 18.3 Å². The maximum Gasteiger partial charge on any atom is 0.277 e. The largest absolute Gasteiger partial charge is 0.506 e. The Bertz CT molecular complexity index is 1100. The highest BCUT2D eigenvalue weighted by Gasteiger charge is 2.22. The van der Waals surface area contributed by atoms with Gasteiger partial charge < -0.3 is 10.1 Å².